The van der Waals surface area contributed by atoms with Crippen molar-refractivity contribution in [3.05, 3.63) is 77.1 Å². The monoisotopic (exact) mass is 637 g/mol. The Balaban J connectivity index is 1.46. The van der Waals surface area contributed by atoms with Crippen LogP contribution in [0.2, 0.25) is 0 Å². The number of amides is 1. The largest absolute Gasteiger partial charge is 0.573 e. The smallest absolute Gasteiger partial charge is 0.497 e. The van der Waals surface area contributed by atoms with Gasteiger partial charge in [0, 0.05) is 42.4 Å². The summed E-state index contributed by atoms with van der Waals surface area (Å²) < 4.78 is 92.0. The third-order valence-corrected chi connectivity index (χ3v) is 7.78. The standard InChI is InChI=1S/C30H29F6N5O4/c1-17-15-39(23(16-42)21-6-4-5-7-24(21)45-30(34,35)36)12-13-40(17)28(43)22-14-37-41-26(29(31,32)33)18(2)25(38-27(22)41)19-8-10-20(44-3)11-9-19/h4-11,14,17,23,42H,12-13,15-16H2,1-3H3/t17-,23?/m1/s1. The minimum atomic E-state index is -4.94. The molecule has 0 saturated carbocycles. The molecule has 5 rings (SSSR count). The van der Waals surface area contributed by atoms with Gasteiger partial charge in [0.2, 0.25) is 0 Å². The number of piperazine rings is 1. The molecule has 45 heavy (non-hydrogen) atoms. The molecule has 9 nitrogen and oxygen atoms in total. The number of aliphatic hydroxyl groups is 1. The average molecular weight is 638 g/mol. The first-order valence-corrected chi connectivity index (χ1v) is 13.8. The van der Waals surface area contributed by atoms with Crippen molar-refractivity contribution in [1.29, 1.82) is 0 Å². The quantitative estimate of drug-likeness (QED) is 0.267. The van der Waals surface area contributed by atoms with E-state index in [1.54, 1.807) is 36.1 Å². The molecule has 2 aromatic carbocycles. The van der Waals surface area contributed by atoms with Gasteiger partial charge in [-0.2, -0.15) is 18.3 Å². The molecule has 0 radical (unpaired) electrons. The molecular weight excluding hydrogens is 608 g/mol. The van der Waals surface area contributed by atoms with Gasteiger partial charge in [-0.25, -0.2) is 9.50 Å². The highest BCUT2D eigenvalue weighted by molar-refractivity contribution is 6.00. The summed E-state index contributed by atoms with van der Waals surface area (Å²) in [5, 5.41) is 14.1. The van der Waals surface area contributed by atoms with Crippen LogP contribution >= 0.6 is 0 Å². The van der Waals surface area contributed by atoms with E-state index in [0.717, 1.165) is 12.3 Å². The third-order valence-electron chi connectivity index (χ3n) is 7.78. The Bertz CT molecular complexity index is 1690. The summed E-state index contributed by atoms with van der Waals surface area (Å²) in [6.07, 6.45) is -8.70. The zero-order valence-electron chi connectivity index (χ0n) is 24.4. The van der Waals surface area contributed by atoms with Crippen LogP contribution < -0.4 is 9.47 Å². The van der Waals surface area contributed by atoms with Gasteiger partial charge in [-0.3, -0.25) is 9.69 Å². The first kappa shape index (κ1) is 32.0. The number of hydrogen-bond acceptors (Lipinski definition) is 7. The highest BCUT2D eigenvalue weighted by Gasteiger charge is 2.40. The maximum Gasteiger partial charge on any atom is 0.573 e. The summed E-state index contributed by atoms with van der Waals surface area (Å²) in [4.78, 5) is 21.5. The van der Waals surface area contributed by atoms with Gasteiger partial charge in [0.05, 0.1) is 31.6 Å². The molecule has 4 aromatic rings. The molecule has 1 saturated heterocycles. The Morgan fingerprint density at radius 3 is 2.36 bits per heavy atom. The van der Waals surface area contributed by atoms with Crippen molar-refractivity contribution in [2.75, 3.05) is 33.4 Å². The van der Waals surface area contributed by atoms with Crippen molar-refractivity contribution in [2.45, 2.75) is 38.5 Å². The molecule has 0 aliphatic carbocycles. The number of alkyl halides is 6. The highest BCUT2D eigenvalue weighted by atomic mass is 19.4. The molecular formula is C30H29F6N5O4. The Kier molecular flexibility index (Phi) is 8.68. The second kappa shape index (κ2) is 12.2. The van der Waals surface area contributed by atoms with Crippen LogP contribution in [-0.4, -0.2) is 81.2 Å². The van der Waals surface area contributed by atoms with E-state index < -0.39 is 48.6 Å². The van der Waals surface area contributed by atoms with Gasteiger partial charge >= 0.3 is 12.5 Å². The average Bonchev–Trinajstić information content (AvgIpc) is 3.39. The number of nitrogens with zero attached hydrogens (tertiary/aromatic N) is 5. The first-order chi connectivity index (χ1) is 21.2. The lowest BCUT2D eigenvalue weighted by Crippen LogP contribution is -2.55. The number of halogens is 6. The van der Waals surface area contributed by atoms with Crippen molar-refractivity contribution < 1.29 is 45.7 Å². The third kappa shape index (κ3) is 6.40. The molecule has 2 atom stereocenters. The molecule has 0 spiro atoms. The minimum absolute atomic E-state index is 0.0235. The fraction of sp³-hybridized carbons (Fsp3) is 0.367. The number of carbonyl (C=O) groups excluding carboxylic acids is 1. The molecule has 3 heterocycles. The lowest BCUT2D eigenvalue weighted by molar-refractivity contribution is -0.275. The Morgan fingerprint density at radius 2 is 1.76 bits per heavy atom. The lowest BCUT2D eigenvalue weighted by atomic mass is 10.0. The van der Waals surface area contributed by atoms with Crippen LogP contribution in [0.25, 0.3) is 16.9 Å². The molecule has 1 fully saturated rings. The van der Waals surface area contributed by atoms with Crippen molar-refractivity contribution in [1.82, 2.24) is 24.4 Å². The topological polar surface area (TPSA) is 92.4 Å². The van der Waals surface area contributed by atoms with Gasteiger partial charge in [-0.1, -0.05) is 18.2 Å². The normalized spacial score (nSPS) is 17.0. The fourth-order valence-corrected chi connectivity index (χ4v) is 5.70. The highest BCUT2D eigenvalue weighted by Crippen LogP contribution is 2.38. The predicted molar refractivity (Wildman–Crippen MR) is 150 cm³/mol. The summed E-state index contributed by atoms with van der Waals surface area (Å²) in [7, 11) is 1.46. The van der Waals surface area contributed by atoms with Gasteiger partial charge in [0.1, 0.15) is 17.1 Å². The zero-order chi connectivity index (χ0) is 32.7. The molecule has 1 unspecified atom stereocenters. The van der Waals surface area contributed by atoms with E-state index in [2.05, 4.69) is 14.8 Å². The number of aliphatic hydroxyl groups excluding tert-OH is 1. The van der Waals surface area contributed by atoms with E-state index in [-0.39, 0.29) is 47.7 Å². The molecule has 1 aliphatic rings. The summed E-state index contributed by atoms with van der Waals surface area (Å²) >= 11 is 0. The molecule has 2 aromatic heterocycles. The maximum absolute atomic E-state index is 14.3. The number of fused-ring (bicyclic) bond motifs is 1. The molecule has 0 bridgehead atoms. The van der Waals surface area contributed by atoms with Gasteiger partial charge in [-0.05, 0) is 44.2 Å². The summed E-state index contributed by atoms with van der Waals surface area (Å²) in [5.41, 5.74) is -1.13. The maximum atomic E-state index is 14.3. The predicted octanol–water partition coefficient (Wildman–Crippen LogP) is 5.51. The van der Waals surface area contributed by atoms with E-state index in [4.69, 9.17) is 4.74 Å². The van der Waals surface area contributed by atoms with Crippen LogP contribution in [0.1, 0.15) is 40.1 Å². The van der Waals surface area contributed by atoms with E-state index in [9.17, 15) is 36.2 Å². The van der Waals surface area contributed by atoms with Crippen LogP contribution in [0.3, 0.4) is 0 Å². The van der Waals surface area contributed by atoms with E-state index >= 15 is 0 Å². The van der Waals surface area contributed by atoms with Gasteiger partial charge in [-0.15, -0.1) is 13.2 Å². The molecule has 1 N–H and O–H groups in total. The van der Waals surface area contributed by atoms with Crippen LogP contribution in [0.5, 0.6) is 11.5 Å². The van der Waals surface area contributed by atoms with E-state index in [0.29, 0.717) is 15.8 Å². The number of para-hydroxylation sites is 1. The second-order valence-corrected chi connectivity index (χ2v) is 10.6. The Hall–Kier alpha value is -4.37. The number of carbonyl (C=O) groups is 1. The summed E-state index contributed by atoms with van der Waals surface area (Å²) in [5.74, 6) is -0.554. The first-order valence-electron chi connectivity index (χ1n) is 13.8. The SMILES string of the molecule is COc1ccc(-c2nc3c(C(=O)N4CCN(C(CO)c5ccccc5OC(F)(F)F)C[C@H]4C)cnn3c(C(F)(F)F)c2C)cc1. The number of benzene rings is 2. The second-order valence-electron chi connectivity index (χ2n) is 10.6. The van der Waals surface area contributed by atoms with Gasteiger partial charge in [0.15, 0.2) is 11.3 Å². The van der Waals surface area contributed by atoms with Crippen molar-refractivity contribution >= 4 is 11.6 Å². The van der Waals surface area contributed by atoms with Crippen molar-refractivity contribution in [3.63, 3.8) is 0 Å². The lowest BCUT2D eigenvalue weighted by Gasteiger charge is -2.43. The molecule has 1 aliphatic heterocycles. The van der Waals surface area contributed by atoms with Crippen LogP contribution in [0.15, 0.2) is 54.7 Å². The Morgan fingerprint density at radius 1 is 1.07 bits per heavy atom. The van der Waals surface area contributed by atoms with E-state index in [1.165, 1.54) is 37.1 Å². The van der Waals surface area contributed by atoms with Crippen LogP contribution in [0.4, 0.5) is 26.3 Å². The van der Waals surface area contributed by atoms with Crippen molar-refractivity contribution in [2.24, 2.45) is 0 Å². The molecule has 1 amide bonds. The summed E-state index contributed by atoms with van der Waals surface area (Å²) in [6.45, 7) is 2.83. The molecule has 15 heteroatoms. The fourth-order valence-electron chi connectivity index (χ4n) is 5.70. The summed E-state index contributed by atoms with van der Waals surface area (Å²) in [6, 6.07) is 10.4. The number of hydrogen-bond donors (Lipinski definition) is 1. The zero-order valence-corrected chi connectivity index (χ0v) is 24.4. The Labute approximate surface area is 253 Å². The molecule has 240 valence electrons. The number of rotatable bonds is 7. The van der Waals surface area contributed by atoms with Gasteiger partial charge in [0.25, 0.3) is 5.91 Å². The van der Waals surface area contributed by atoms with Gasteiger partial charge < -0.3 is 19.5 Å². The minimum Gasteiger partial charge on any atom is -0.497 e. The van der Waals surface area contributed by atoms with Crippen LogP contribution in [0, 0.1) is 6.92 Å². The van der Waals surface area contributed by atoms with E-state index in [1.807, 2.05) is 0 Å². The van der Waals surface area contributed by atoms with Crippen LogP contribution in [-0.2, 0) is 6.18 Å². The van der Waals surface area contributed by atoms with Crippen molar-refractivity contribution in [3.8, 4) is 22.8 Å². The number of methoxy groups -OCH3 is 1. The number of aromatic nitrogens is 3. The number of ether oxygens (including phenoxy) is 2.